The molecule has 0 aliphatic heterocycles. The first-order valence-corrected chi connectivity index (χ1v) is 7.91. The summed E-state index contributed by atoms with van der Waals surface area (Å²) in [6, 6.07) is 5.81. The van der Waals surface area contributed by atoms with Gasteiger partial charge in [-0.2, -0.15) is 0 Å². The molecule has 0 bridgehead atoms. The second-order valence-electron chi connectivity index (χ2n) is 5.49. The van der Waals surface area contributed by atoms with Crippen LogP contribution in [0.25, 0.3) is 22.3 Å². The maximum atomic E-state index is 11.3. The average molecular weight is 302 g/mol. The average Bonchev–Trinajstić information content (AvgIpc) is 3.02. The topological polar surface area (TPSA) is 73.6 Å². The highest BCUT2D eigenvalue weighted by molar-refractivity contribution is 7.14. The maximum absolute atomic E-state index is 11.3. The lowest BCUT2D eigenvalue weighted by Crippen LogP contribution is -2.04. The lowest BCUT2D eigenvalue weighted by molar-refractivity contribution is 0.607. The molecule has 3 N–H and O–H groups in total. The van der Waals surface area contributed by atoms with Crippen molar-refractivity contribution in [1.82, 2.24) is 15.0 Å². The van der Waals surface area contributed by atoms with Crippen LogP contribution in [-0.4, -0.2) is 21.5 Å². The molecule has 0 aliphatic carbocycles. The number of thiazole rings is 1. The number of nitrogens with zero attached hydrogens (tertiary/aromatic N) is 1. The van der Waals surface area contributed by atoms with Crippen LogP contribution in [0.5, 0.6) is 0 Å². The standard InChI is InChI=1S/C15H18N4OS/c1-9(2)5-6-16-15-19-13(8-21-15)10-3-4-11-12(7-10)18-14(20)17-11/h3-4,7-9H,5-6H2,1-2H3,(H,16,19)(H2,17,18,20). The molecule has 3 aromatic rings. The van der Waals surface area contributed by atoms with E-state index in [1.165, 1.54) is 0 Å². The predicted molar refractivity (Wildman–Crippen MR) is 88.0 cm³/mol. The number of anilines is 1. The van der Waals surface area contributed by atoms with Gasteiger partial charge in [0.25, 0.3) is 0 Å². The number of benzene rings is 1. The smallest absolute Gasteiger partial charge is 0.323 e. The van der Waals surface area contributed by atoms with E-state index in [1.54, 1.807) is 11.3 Å². The van der Waals surface area contributed by atoms with E-state index in [0.717, 1.165) is 40.4 Å². The van der Waals surface area contributed by atoms with Crippen molar-refractivity contribution in [3.63, 3.8) is 0 Å². The Kier molecular flexibility index (Phi) is 3.79. The molecule has 0 saturated heterocycles. The molecule has 0 saturated carbocycles. The molecule has 2 aromatic heterocycles. The van der Waals surface area contributed by atoms with Crippen LogP contribution < -0.4 is 11.0 Å². The van der Waals surface area contributed by atoms with Crippen molar-refractivity contribution < 1.29 is 0 Å². The lowest BCUT2D eigenvalue weighted by Gasteiger charge is -2.04. The Morgan fingerprint density at radius 1 is 1.29 bits per heavy atom. The summed E-state index contributed by atoms with van der Waals surface area (Å²) < 4.78 is 0. The van der Waals surface area contributed by atoms with Crippen molar-refractivity contribution in [3.05, 3.63) is 34.1 Å². The van der Waals surface area contributed by atoms with E-state index in [9.17, 15) is 4.79 Å². The Labute approximate surface area is 126 Å². The fraction of sp³-hybridized carbons (Fsp3) is 0.333. The van der Waals surface area contributed by atoms with Gasteiger partial charge in [-0.15, -0.1) is 11.3 Å². The first kappa shape index (κ1) is 13.9. The minimum Gasteiger partial charge on any atom is -0.361 e. The number of hydrogen-bond donors (Lipinski definition) is 3. The molecule has 110 valence electrons. The summed E-state index contributed by atoms with van der Waals surface area (Å²) >= 11 is 1.60. The van der Waals surface area contributed by atoms with E-state index in [0.29, 0.717) is 5.92 Å². The summed E-state index contributed by atoms with van der Waals surface area (Å²) in [5.41, 5.74) is 3.37. The number of aromatic nitrogens is 3. The van der Waals surface area contributed by atoms with E-state index < -0.39 is 0 Å². The van der Waals surface area contributed by atoms with Crippen molar-refractivity contribution in [1.29, 1.82) is 0 Å². The monoisotopic (exact) mass is 302 g/mol. The fourth-order valence-electron chi connectivity index (χ4n) is 2.15. The van der Waals surface area contributed by atoms with Crippen LogP contribution >= 0.6 is 11.3 Å². The van der Waals surface area contributed by atoms with Crippen molar-refractivity contribution in [2.45, 2.75) is 20.3 Å². The van der Waals surface area contributed by atoms with Gasteiger partial charge in [0.2, 0.25) is 0 Å². The largest absolute Gasteiger partial charge is 0.361 e. The van der Waals surface area contributed by atoms with Crippen LogP contribution in [0.3, 0.4) is 0 Å². The SMILES string of the molecule is CC(C)CCNc1nc(-c2ccc3[nH]c(=O)[nH]c3c2)cs1. The first-order valence-electron chi connectivity index (χ1n) is 7.03. The minimum atomic E-state index is -0.184. The van der Waals surface area contributed by atoms with E-state index in [1.807, 2.05) is 23.6 Å². The zero-order chi connectivity index (χ0) is 14.8. The van der Waals surface area contributed by atoms with E-state index >= 15 is 0 Å². The lowest BCUT2D eigenvalue weighted by atomic mass is 10.1. The molecule has 0 unspecified atom stereocenters. The third kappa shape index (κ3) is 3.16. The van der Waals surface area contributed by atoms with Crippen LogP contribution in [0, 0.1) is 5.92 Å². The number of hydrogen-bond acceptors (Lipinski definition) is 4. The van der Waals surface area contributed by atoms with Crippen LogP contribution in [0.15, 0.2) is 28.4 Å². The molecule has 21 heavy (non-hydrogen) atoms. The van der Waals surface area contributed by atoms with Crippen LogP contribution in [0.4, 0.5) is 5.13 Å². The first-order chi connectivity index (χ1) is 10.1. The Morgan fingerprint density at radius 3 is 2.90 bits per heavy atom. The zero-order valence-electron chi connectivity index (χ0n) is 12.1. The van der Waals surface area contributed by atoms with Gasteiger partial charge in [0.15, 0.2) is 5.13 Å². The Balaban J connectivity index is 1.79. The van der Waals surface area contributed by atoms with Gasteiger partial charge < -0.3 is 15.3 Å². The number of fused-ring (bicyclic) bond motifs is 1. The summed E-state index contributed by atoms with van der Waals surface area (Å²) in [5, 5.41) is 6.32. The Morgan fingerprint density at radius 2 is 2.10 bits per heavy atom. The van der Waals surface area contributed by atoms with Gasteiger partial charge in [-0.3, -0.25) is 0 Å². The van der Waals surface area contributed by atoms with E-state index in [4.69, 9.17) is 0 Å². The quantitative estimate of drug-likeness (QED) is 0.676. The molecule has 2 heterocycles. The van der Waals surface area contributed by atoms with Crippen LogP contribution in [0.1, 0.15) is 20.3 Å². The summed E-state index contributed by atoms with van der Waals surface area (Å²) in [6.07, 6.45) is 1.13. The summed E-state index contributed by atoms with van der Waals surface area (Å²) in [5.74, 6) is 0.685. The Hall–Kier alpha value is -2.08. The molecule has 0 radical (unpaired) electrons. The Bertz CT molecular complexity index is 799. The highest BCUT2D eigenvalue weighted by Gasteiger charge is 2.06. The van der Waals surface area contributed by atoms with Gasteiger partial charge in [0, 0.05) is 17.5 Å². The van der Waals surface area contributed by atoms with Gasteiger partial charge in [-0.05, 0) is 24.5 Å². The molecule has 0 spiro atoms. The number of aromatic amines is 2. The molecule has 0 amide bonds. The van der Waals surface area contributed by atoms with Gasteiger partial charge in [-0.1, -0.05) is 19.9 Å². The van der Waals surface area contributed by atoms with Gasteiger partial charge in [0.1, 0.15) is 0 Å². The highest BCUT2D eigenvalue weighted by atomic mass is 32.1. The van der Waals surface area contributed by atoms with Crippen molar-refractivity contribution in [3.8, 4) is 11.3 Å². The number of nitrogens with one attached hydrogen (secondary N) is 3. The van der Waals surface area contributed by atoms with Gasteiger partial charge >= 0.3 is 5.69 Å². The number of H-pyrrole nitrogens is 2. The highest BCUT2D eigenvalue weighted by Crippen LogP contribution is 2.26. The maximum Gasteiger partial charge on any atom is 0.323 e. The molecular formula is C15H18N4OS. The molecule has 5 nitrogen and oxygen atoms in total. The zero-order valence-corrected chi connectivity index (χ0v) is 12.9. The third-order valence-corrected chi connectivity index (χ3v) is 4.11. The minimum absolute atomic E-state index is 0.184. The molecule has 3 rings (SSSR count). The predicted octanol–water partition coefficient (Wildman–Crippen LogP) is 3.44. The third-order valence-electron chi connectivity index (χ3n) is 3.31. The van der Waals surface area contributed by atoms with Gasteiger partial charge in [0.05, 0.1) is 16.7 Å². The molecule has 0 aliphatic rings. The molecule has 0 atom stereocenters. The van der Waals surface area contributed by atoms with Gasteiger partial charge in [-0.25, -0.2) is 9.78 Å². The second-order valence-corrected chi connectivity index (χ2v) is 6.34. The molecule has 1 aromatic carbocycles. The number of imidazole rings is 1. The van der Waals surface area contributed by atoms with Crippen LogP contribution in [0.2, 0.25) is 0 Å². The summed E-state index contributed by atoms with van der Waals surface area (Å²) in [7, 11) is 0. The summed E-state index contributed by atoms with van der Waals surface area (Å²) in [6.45, 7) is 5.36. The molecular weight excluding hydrogens is 284 g/mol. The summed E-state index contributed by atoms with van der Waals surface area (Å²) in [4.78, 5) is 21.4. The fourth-order valence-corrected chi connectivity index (χ4v) is 2.90. The number of rotatable bonds is 5. The molecule has 0 fully saturated rings. The van der Waals surface area contributed by atoms with E-state index in [2.05, 4.69) is 34.1 Å². The van der Waals surface area contributed by atoms with Crippen molar-refractivity contribution in [2.24, 2.45) is 5.92 Å². The second kappa shape index (κ2) is 5.73. The normalized spacial score (nSPS) is 11.4. The molecule has 6 heteroatoms. The van der Waals surface area contributed by atoms with E-state index in [-0.39, 0.29) is 5.69 Å². The van der Waals surface area contributed by atoms with Crippen molar-refractivity contribution >= 4 is 27.5 Å². The van der Waals surface area contributed by atoms with Crippen molar-refractivity contribution in [2.75, 3.05) is 11.9 Å². The van der Waals surface area contributed by atoms with Crippen LogP contribution in [-0.2, 0) is 0 Å².